The minimum absolute atomic E-state index is 0.0163. The highest BCUT2D eigenvalue weighted by Crippen LogP contribution is 2.34. The smallest absolute Gasteiger partial charge is 0.167 e. The summed E-state index contributed by atoms with van der Waals surface area (Å²) >= 11 is 0. The molecule has 0 unspecified atom stereocenters. The number of nitrogens with one attached hydrogen (secondary N) is 2. The largest absolute Gasteiger partial charge is 0.495 e. The van der Waals surface area contributed by atoms with Gasteiger partial charge in [0.2, 0.25) is 0 Å². The second kappa shape index (κ2) is 6.48. The van der Waals surface area contributed by atoms with Crippen LogP contribution >= 0.6 is 0 Å². The van der Waals surface area contributed by atoms with E-state index in [9.17, 15) is 0 Å². The van der Waals surface area contributed by atoms with Gasteiger partial charge in [0.15, 0.2) is 5.76 Å². The molecule has 2 aromatic carbocycles. The number of benzene rings is 2. The Labute approximate surface area is 144 Å². The predicted molar refractivity (Wildman–Crippen MR) is 96.0 cm³/mol. The zero-order chi connectivity index (χ0) is 18.0. The maximum absolute atomic E-state index is 7.66. The molecule has 0 spiro atoms. The third-order valence-electron chi connectivity index (χ3n) is 3.75. The van der Waals surface area contributed by atoms with E-state index in [4.69, 9.17) is 31.5 Å². The molecule has 0 atom stereocenters. The van der Waals surface area contributed by atoms with Crippen LogP contribution < -0.4 is 16.2 Å². The van der Waals surface area contributed by atoms with Crippen molar-refractivity contribution >= 4 is 11.7 Å². The fourth-order valence-corrected chi connectivity index (χ4v) is 2.55. The molecule has 0 aliphatic rings. The molecule has 3 aromatic rings. The first kappa shape index (κ1) is 16.3. The van der Waals surface area contributed by atoms with Crippen molar-refractivity contribution in [2.45, 2.75) is 0 Å². The average molecular weight is 335 g/mol. The Morgan fingerprint density at radius 3 is 2.48 bits per heavy atom. The summed E-state index contributed by atoms with van der Waals surface area (Å²) in [5.41, 5.74) is 14.2. The van der Waals surface area contributed by atoms with Gasteiger partial charge in [-0.1, -0.05) is 29.4 Å². The first-order valence-electron chi connectivity index (χ1n) is 7.44. The van der Waals surface area contributed by atoms with Crippen LogP contribution in [0.3, 0.4) is 0 Å². The molecule has 0 aliphatic heterocycles. The monoisotopic (exact) mass is 335 g/mol. The number of nitrogens with two attached hydrogens (primary N) is 2. The van der Waals surface area contributed by atoms with Crippen LogP contribution in [0.1, 0.15) is 11.1 Å². The number of rotatable bonds is 5. The van der Waals surface area contributed by atoms with Gasteiger partial charge in [0, 0.05) is 22.8 Å². The van der Waals surface area contributed by atoms with Gasteiger partial charge in [-0.25, -0.2) is 0 Å². The van der Waals surface area contributed by atoms with Gasteiger partial charge in [-0.3, -0.25) is 10.8 Å². The summed E-state index contributed by atoms with van der Waals surface area (Å²) in [7, 11) is 1.52. The number of amidine groups is 2. The van der Waals surface area contributed by atoms with E-state index >= 15 is 0 Å². The number of hydrogen-bond donors (Lipinski definition) is 4. The highest BCUT2D eigenvalue weighted by molar-refractivity contribution is 6.00. The SMILES string of the molecule is COc1c(C(=N)N)cccc1-c1cc(-c2cccc(C(=N)N)c2)on1. The van der Waals surface area contributed by atoms with Crippen molar-refractivity contribution in [3.8, 4) is 28.3 Å². The normalized spacial score (nSPS) is 10.4. The van der Waals surface area contributed by atoms with Gasteiger partial charge in [0.25, 0.3) is 0 Å². The van der Waals surface area contributed by atoms with E-state index in [1.54, 1.807) is 36.4 Å². The molecule has 0 radical (unpaired) electrons. The van der Waals surface area contributed by atoms with Gasteiger partial charge in [-0.05, 0) is 18.2 Å². The van der Waals surface area contributed by atoms with Crippen molar-refractivity contribution in [3.05, 3.63) is 59.7 Å². The summed E-state index contributed by atoms with van der Waals surface area (Å²) < 4.78 is 10.8. The lowest BCUT2D eigenvalue weighted by Crippen LogP contribution is -2.12. The summed E-state index contributed by atoms with van der Waals surface area (Å²) in [6.07, 6.45) is 0. The van der Waals surface area contributed by atoms with Crippen LogP contribution in [-0.2, 0) is 0 Å². The second-order valence-electron chi connectivity index (χ2n) is 5.37. The highest BCUT2D eigenvalue weighted by atomic mass is 16.5. The van der Waals surface area contributed by atoms with E-state index in [-0.39, 0.29) is 11.7 Å². The Balaban J connectivity index is 2.06. The van der Waals surface area contributed by atoms with Crippen LogP contribution in [0.4, 0.5) is 0 Å². The van der Waals surface area contributed by atoms with Crippen molar-refractivity contribution in [1.29, 1.82) is 10.8 Å². The highest BCUT2D eigenvalue weighted by Gasteiger charge is 2.17. The van der Waals surface area contributed by atoms with E-state index in [1.807, 2.05) is 12.1 Å². The lowest BCUT2D eigenvalue weighted by molar-refractivity contribution is 0.412. The summed E-state index contributed by atoms with van der Waals surface area (Å²) in [5.74, 6) is 0.898. The predicted octanol–water partition coefficient (Wildman–Crippen LogP) is 2.59. The van der Waals surface area contributed by atoms with Crippen LogP contribution in [0, 0.1) is 10.8 Å². The molecule has 0 saturated carbocycles. The molecule has 1 heterocycles. The number of aromatic nitrogens is 1. The summed E-state index contributed by atoms with van der Waals surface area (Å²) in [5, 5.41) is 19.3. The van der Waals surface area contributed by atoms with Gasteiger partial charge in [0.05, 0.1) is 12.7 Å². The Morgan fingerprint density at radius 2 is 1.80 bits per heavy atom. The summed E-state index contributed by atoms with van der Waals surface area (Å²) in [4.78, 5) is 0. The quantitative estimate of drug-likeness (QED) is 0.420. The van der Waals surface area contributed by atoms with Crippen LogP contribution in [-0.4, -0.2) is 23.9 Å². The Kier molecular flexibility index (Phi) is 4.21. The van der Waals surface area contributed by atoms with Crippen LogP contribution in [0.2, 0.25) is 0 Å². The minimum atomic E-state index is -0.0865. The summed E-state index contributed by atoms with van der Waals surface area (Å²) in [6, 6.07) is 14.2. The maximum Gasteiger partial charge on any atom is 0.167 e. The van der Waals surface area contributed by atoms with Crippen LogP contribution in [0.5, 0.6) is 5.75 Å². The topological polar surface area (TPSA) is 135 Å². The van der Waals surface area contributed by atoms with Gasteiger partial charge < -0.3 is 20.7 Å². The van der Waals surface area contributed by atoms with Crippen molar-refractivity contribution in [1.82, 2.24) is 5.16 Å². The van der Waals surface area contributed by atoms with Crippen molar-refractivity contribution in [2.75, 3.05) is 7.11 Å². The average Bonchev–Trinajstić information content (AvgIpc) is 3.11. The fraction of sp³-hybridized carbons (Fsp3) is 0.0556. The molecule has 126 valence electrons. The molecule has 1 aromatic heterocycles. The molecule has 25 heavy (non-hydrogen) atoms. The van der Waals surface area contributed by atoms with E-state index in [0.29, 0.717) is 33.9 Å². The van der Waals surface area contributed by atoms with Gasteiger partial charge >= 0.3 is 0 Å². The third kappa shape index (κ3) is 3.07. The molecule has 7 heteroatoms. The molecule has 3 rings (SSSR count). The number of nitrogens with zero attached hydrogens (tertiary/aromatic N) is 1. The minimum Gasteiger partial charge on any atom is -0.495 e. The lowest BCUT2D eigenvalue weighted by atomic mass is 10.0. The standard InChI is InChI=1S/C18H17N5O2/c1-24-16-12(6-3-7-13(16)18(21)22)14-9-15(25-23-14)10-4-2-5-11(8-10)17(19)20/h2-9H,1H3,(H3,19,20)(H3,21,22). The van der Waals surface area contributed by atoms with E-state index in [1.165, 1.54) is 7.11 Å². The summed E-state index contributed by atoms with van der Waals surface area (Å²) in [6.45, 7) is 0. The molecular weight excluding hydrogens is 318 g/mol. The van der Waals surface area contributed by atoms with Crippen molar-refractivity contribution in [3.63, 3.8) is 0 Å². The fourth-order valence-electron chi connectivity index (χ4n) is 2.55. The zero-order valence-corrected chi connectivity index (χ0v) is 13.5. The Bertz CT molecular complexity index is 962. The number of methoxy groups -OCH3 is 1. The Morgan fingerprint density at radius 1 is 1.04 bits per heavy atom. The maximum atomic E-state index is 7.66. The zero-order valence-electron chi connectivity index (χ0n) is 13.5. The van der Waals surface area contributed by atoms with Gasteiger partial charge in [-0.15, -0.1) is 0 Å². The Hall–Kier alpha value is -3.61. The third-order valence-corrected chi connectivity index (χ3v) is 3.75. The molecule has 7 nitrogen and oxygen atoms in total. The lowest BCUT2D eigenvalue weighted by Gasteiger charge is -2.10. The molecule has 0 saturated heterocycles. The van der Waals surface area contributed by atoms with Crippen molar-refractivity contribution < 1.29 is 9.26 Å². The van der Waals surface area contributed by atoms with Gasteiger partial charge in [-0.2, -0.15) is 0 Å². The van der Waals surface area contributed by atoms with Gasteiger partial charge in [0.1, 0.15) is 23.1 Å². The van der Waals surface area contributed by atoms with E-state index in [2.05, 4.69) is 5.16 Å². The first-order valence-corrected chi connectivity index (χ1v) is 7.44. The molecule has 0 amide bonds. The number of nitrogen functional groups attached to an aromatic ring is 2. The van der Waals surface area contributed by atoms with Crippen LogP contribution in [0.15, 0.2) is 53.1 Å². The number of hydrogen-bond acceptors (Lipinski definition) is 5. The van der Waals surface area contributed by atoms with Crippen molar-refractivity contribution in [2.24, 2.45) is 11.5 Å². The second-order valence-corrected chi connectivity index (χ2v) is 5.37. The number of ether oxygens (including phenoxy) is 1. The molecule has 0 bridgehead atoms. The van der Waals surface area contributed by atoms with Crippen LogP contribution in [0.25, 0.3) is 22.6 Å². The number of para-hydroxylation sites is 1. The first-order chi connectivity index (χ1) is 12.0. The molecule has 6 N–H and O–H groups in total. The molecule has 0 aliphatic carbocycles. The molecular formula is C18H17N5O2. The van der Waals surface area contributed by atoms with E-state index in [0.717, 1.165) is 5.56 Å². The molecule has 0 fully saturated rings. The van der Waals surface area contributed by atoms with E-state index < -0.39 is 0 Å².